The number of nitrogens with one attached hydrogen (secondary N) is 2. The fourth-order valence-electron chi connectivity index (χ4n) is 3.62. The summed E-state index contributed by atoms with van der Waals surface area (Å²) in [5, 5.41) is 6.81. The van der Waals surface area contributed by atoms with Crippen LogP contribution in [0, 0.1) is 13.8 Å². The first-order valence-electron chi connectivity index (χ1n) is 12.0. The largest absolute Gasteiger partial charge is 0.484 e. The maximum absolute atomic E-state index is 12.4. The molecule has 9 nitrogen and oxygen atoms in total. The molecule has 3 aromatic carbocycles. The van der Waals surface area contributed by atoms with Gasteiger partial charge in [-0.3, -0.25) is 13.9 Å². The van der Waals surface area contributed by atoms with E-state index in [1.165, 1.54) is 6.21 Å². The molecular weight excluding hydrogens is 504 g/mol. The Morgan fingerprint density at radius 2 is 1.68 bits per heavy atom. The molecule has 0 radical (unpaired) electrons. The average molecular weight is 537 g/mol. The topological polar surface area (TPSA) is 117 Å². The summed E-state index contributed by atoms with van der Waals surface area (Å²) < 4.78 is 31.3. The van der Waals surface area contributed by atoms with E-state index >= 15 is 0 Å². The molecule has 2 amide bonds. The molecule has 0 saturated heterocycles. The molecule has 1 unspecified atom stereocenters. The van der Waals surface area contributed by atoms with Crippen LogP contribution in [0.5, 0.6) is 5.75 Å². The Labute approximate surface area is 223 Å². The molecule has 0 heterocycles. The number of carbonyl (C=O) groups is 2. The number of amides is 2. The monoisotopic (exact) mass is 536 g/mol. The molecule has 0 fully saturated rings. The molecule has 3 aromatic rings. The smallest absolute Gasteiger partial charge is 0.260 e. The maximum atomic E-state index is 12.4. The number of hydrazone groups is 1. The van der Waals surface area contributed by atoms with Gasteiger partial charge in [0.15, 0.2) is 6.61 Å². The number of benzene rings is 3. The van der Waals surface area contributed by atoms with Crippen LogP contribution in [0.1, 0.15) is 35.2 Å². The Balaban J connectivity index is 1.50. The van der Waals surface area contributed by atoms with E-state index in [4.69, 9.17) is 4.74 Å². The second-order valence-corrected chi connectivity index (χ2v) is 10.8. The van der Waals surface area contributed by atoms with Gasteiger partial charge in [-0.2, -0.15) is 5.10 Å². The van der Waals surface area contributed by atoms with Gasteiger partial charge < -0.3 is 10.1 Å². The fourth-order valence-corrected chi connectivity index (χ4v) is 4.53. The van der Waals surface area contributed by atoms with Crippen LogP contribution in [0.2, 0.25) is 0 Å². The highest BCUT2D eigenvalue weighted by molar-refractivity contribution is 7.92. The van der Waals surface area contributed by atoms with Crippen LogP contribution in [-0.4, -0.2) is 45.9 Å². The highest BCUT2D eigenvalue weighted by atomic mass is 32.2. The van der Waals surface area contributed by atoms with Crippen molar-refractivity contribution >= 4 is 33.7 Å². The molecule has 3 rings (SSSR count). The van der Waals surface area contributed by atoms with Crippen molar-refractivity contribution in [3.8, 4) is 5.75 Å². The molecule has 1 atom stereocenters. The van der Waals surface area contributed by atoms with E-state index in [1.807, 2.05) is 56.3 Å². The first-order valence-corrected chi connectivity index (χ1v) is 13.8. The van der Waals surface area contributed by atoms with E-state index in [1.54, 1.807) is 37.3 Å². The second kappa shape index (κ2) is 12.9. The zero-order chi connectivity index (χ0) is 27.7. The summed E-state index contributed by atoms with van der Waals surface area (Å²) >= 11 is 0. The quantitative estimate of drug-likeness (QED) is 0.288. The Kier molecular flexibility index (Phi) is 9.61. The summed E-state index contributed by atoms with van der Waals surface area (Å²) in [5.74, 6) is -0.312. The van der Waals surface area contributed by atoms with E-state index < -0.39 is 22.5 Å². The minimum atomic E-state index is -3.69. The highest BCUT2D eigenvalue weighted by Gasteiger charge is 2.22. The van der Waals surface area contributed by atoms with Gasteiger partial charge in [-0.1, -0.05) is 42.5 Å². The van der Waals surface area contributed by atoms with Gasteiger partial charge in [0, 0.05) is 0 Å². The molecule has 0 aliphatic heterocycles. The molecule has 0 saturated carbocycles. The predicted molar refractivity (Wildman–Crippen MR) is 149 cm³/mol. The minimum absolute atomic E-state index is 0.127. The first-order chi connectivity index (χ1) is 18.0. The SMILES string of the molecule is Cc1ccc(C)c(N(CC(=O)NN=Cc2ccc(OCC(=O)NC(C)c3ccccc3)cc2)S(C)(=O)=O)c1. The third kappa shape index (κ3) is 8.45. The molecule has 0 aliphatic rings. The van der Waals surface area contributed by atoms with Crippen molar-refractivity contribution in [1.29, 1.82) is 0 Å². The van der Waals surface area contributed by atoms with E-state index in [9.17, 15) is 18.0 Å². The Morgan fingerprint density at radius 1 is 1.00 bits per heavy atom. The zero-order valence-corrected chi connectivity index (χ0v) is 22.7. The van der Waals surface area contributed by atoms with Crippen LogP contribution in [0.15, 0.2) is 77.9 Å². The van der Waals surface area contributed by atoms with Crippen molar-refractivity contribution in [3.05, 3.63) is 95.1 Å². The van der Waals surface area contributed by atoms with Gasteiger partial charge in [-0.25, -0.2) is 13.8 Å². The Hall–Kier alpha value is -4.18. The zero-order valence-electron chi connectivity index (χ0n) is 21.8. The lowest BCUT2D eigenvalue weighted by atomic mass is 10.1. The lowest BCUT2D eigenvalue weighted by Crippen LogP contribution is -2.39. The van der Waals surface area contributed by atoms with Gasteiger partial charge >= 0.3 is 0 Å². The van der Waals surface area contributed by atoms with Crippen molar-refractivity contribution < 1.29 is 22.7 Å². The molecule has 200 valence electrons. The van der Waals surface area contributed by atoms with Crippen LogP contribution in [-0.2, 0) is 19.6 Å². The number of carbonyl (C=O) groups excluding carboxylic acids is 2. The van der Waals surface area contributed by atoms with Crippen molar-refractivity contribution in [2.45, 2.75) is 26.8 Å². The maximum Gasteiger partial charge on any atom is 0.260 e. The number of ether oxygens (including phenoxy) is 1. The van der Waals surface area contributed by atoms with Crippen LogP contribution in [0.3, 0.4) is 0 Å². The molecular formula is C28H32N4O5S. The normalized spacial score (nSPS) is 12.1. The van der Waals surface area contributed by atoms with Crippen LogP contribution < -0.4 is 19.8 Å². The summed E-state index contributed by atoms with van der Waals surface area (Å²) in [7, 11) is -3.69. The van der Waals surface area contributed by atoms with Crippen molar-refractivity contribution in [2.24, 2.45) is 5.10 Å². The molecule has 2 N–H and O–H groups in total. The van der Waals surface area contributed by atoms with E-state index in [-0.39, 0.29) is 18.6 Å². The number of anilines is 1. The summed E-state index contributed by atoms with van der Waals surface area (Å²) in [6, 6.07) is 21.7. The van der Waals surface area contributed by atoms with Crippen LogP contribution in [0.25, 0.3) is 0 Å². The molecule has 0 aliphatic carbocycles. The van der Waals surface area contributed by atoms with E-state index in [0.717, 1.165) is 27.3 Å². The molecule has 38 heavy (non-hydrogen) atoms. The van der Waals surface area contributed by atoms with Crippen molar-refractivity contribution in [3.63, 3.8) is 0 Å². The Bertz CT molecular complexity index is 1390. The van der Waals surface area contributed by atoms with Crippen molar-refractivity contribution in [2.75, 3.05) is 23.7 Å². The van der Waals surface area contributed by atoms with E-state index in [0.29, 0.717) is 17.0 Å². The van der Waals surface area contributed by atoms with Gasteiger partial charge in [0.25, 0.3) is 11.8 Å². The number of sulfonamides is 1. The number of nitrogens with zero attached hydrogens (tertiary/aromatic N) is 2. The number of hydrogen-bond acceptors (Lipinski definition) is 6. The van der Waals surface area contributed by atoms with Gasteiger partial charge in [0.05, 0.1) is 24.2 Å². The molecule has 0 bridgehead atoms. The third-order valence-electron chi connectivity index (χ3n) is 5.65. The number of hydrogen-bond donors (Lipinski definition) is 2. The van der Waals surface area contributed by atoms with Crippen LogP contribution >= 0.6 is 0 Å². The fraction of sp³-hybridized carbons (Fsp3) is 0.250. The van der Waals surface area contributed by atoms with E-state index in [2.05, 4.69) is 15.8 Å². The van der Waals surface area contributed by atoms with Gasteiger partial charge in [-0.15, -0.1) is 0 Å². The lowest BCUT2D eigenvalue weighted by molar-refractivity contribution is -0.123. The highest BCUT2D eigenvalue weighted by Crippen LogP contribution is 2.23. The summed E-state index contributed by atoms with van der Waals surface area (Å²) in [6.07, 6.45) is 2.49. The standard InChI is InChI=1S/C28H32N4O5S/c1-20-10-11-21(2)26(16-20)32(38(4,35)36)18-27(33)31-29-17-23-12-14-25(15-13-23)37-19-28(34)30-22(3)24-8-6-5-7-9-24/h5-17,22H,18-19H2,1-4H3,(H,30,34)(H,31,33). The molecule has 10 heteroatoms. The van der Waals surface area contributed by atoms with Crippen LogP contribution in [0.4, 0.5) is 5.69 Å². The number of aryl methyl sites for hydroxylation is 2. The third-order valence-corrected chi connectivity index (χ3v) is 6.78. The lowest BCUT2D eigenvalue weighted by Gasteiger charge is -2.23. The molecule has 0 aromatic heterocycles. The van der Waals surface area contributed by atoms with Gasteiger partial charge in [0.1, 0.15) is 12.3 Å². The molecule has 0 spiro atoms. The second-order valence-electron chi connectivity index (χ2n) is 8.91. The summed E-state index contributed by atoms with van der Waals surface area (Å²) in [5.41, 5.74) is 6.11. The minimum Gasteiger partial charge on any atom is -0.484 e. The summed E-state index contributed by atoms with van der Waals surface area (Å²) in [6.45, 7) is 5.01. The predicted octanol–water partition coefficient (Wildman–Crippen LogP) is 3.48. The average Bonchev–Trinajstić information content (AvgIpc) is 2.88. The summed E-state index contributed by atoms with van der Waals surface area (Å²) in [4.78, 5) is 24.6. The van der Waals surface area contributed by atoms with Gasteiger partial charge in [0.2, 0.25) is 10.0 Å². The number of rotatable bonds is 11. The van der Waals surface area contributed by atoms with Crippen molar-refractivity contribution in [1.82, 2.24) is 10.7 Å². The Morgan fingerprint density at radius 3 is 2.34 bits per heavy atom. The van der Waals surface area contributed by atoms with Gasteiger partial charge in [-0.05, 0) is 73.4 Å². The first kappa shape index (κ1) is 28.4.